The van der Waals surface area contributed by atoms with E-state index < -0.39 is 79.4 Å². The van der Waals surface area contributed by atoms with Crippen LogP contribution in [0.3, 0.4) is 0 Å². The third kappa shape index (κ3) is 11.3. The topological polar surface area (TPSA) is 210 Å². The molecule has 0 aliphatic carbocycles. The lowest BCUT2D eigenvalue weighted by molar-refractivity contribution is -0.368. The summed E-state index contributed by atoms with van der Waals surface area (Å²) in [5.41, 5.74) is 11.3. The average molecular weight is 792 g/mol. The molecule has 0 aromatic heterocycles. The van der Waals surface area contributed by atoms with Crippen molar-refractivity contribution in [3.05, 3.63) is 112 Å². The summed E-state index contributed by atoms with van der Waals surface area (Å²) < 4.78 is 56.3. The monoisotopic (exact) mass is 791 g/mol. The zero-order valence-corrected chi connectivity index (χ0v) is 32.0. The van der Waals surface area contributed by atoms with Crippen molar-refractivity contribution < 1.29 is 57.3 Å². The summed E-state index contributed by atoms with van der Waals surface area (Å²) in [6.45, 7) is 2.94. The molecule has 3 saturated heterocycles. The van der Waals surface area contributed by atoms with Crippen LogP contribution in [0.25, 0.3) is 10.4 Å². The van der Waals surface area contributed by atoms with Crippen LogP contribution in [-0.4, -0.2) is 112 Å². The third-order valence-electron chi connectivity index (χ3n) is 9.65. The van der Waals surface area contributed by atoms with E-state index in [1.54, 1.807) is 19.2 Å². The van der Waals surface area contributed by atoms with Gasteiger partial charge in [-0.25, -0.2) is 0 Å². The van der Waals surface area contributed by atoms with Crippen LogP contribution in [0.2, 0.25) is 0 Å². The number of amides is 2. The lowest BCUT2D eigenvalue weighted by Crippen LogP contribution is -2.70. The second-order valence-electron chi connectivity index (χ2n) is 13.8. The summed E-state index contributed by atoms with van der Waals surface area (Å²) in [5.74, 6) is -0.191. The van der Waals surface area contributed by atoms with E-state index in [-0.39, 0.29) is 39.6 Å². The van der Waals surface area contributed by atoms with Crippen LogP contribution in [0, 0.1) is 0 Å². The first-order chi connectivity index (χ1) is 27.7. The number of carbonyl (C=O) groups excluding carboxylic acids is 2. The molecule has 0 bridgehead atoms. The van der Waals surface area contributed by atoms with E-state index in [1.807, 2.05) is 72.8 Å². The van der Waals surface area contributed by atoms with Crippen molar-refractivity contribution in [3.63, 3.8) is 0 Å². The van der Waals surface area contributed by atoms with E-state index in [4.69, 9.17) is 48.2 Å². The number of rotatable bonds is 17. The fourth-order valence-corrected chi connectivity index (χ4v) is 7.00. The number of ether oxygens (including phenoxy) is 9. The van der Waals surface area contributed by atoms with E-state index in [9.17, 15) is 14.7 Å². The number of fused-ring (bicyclic) bond motifs is 1. The SMILES string of the molecule is COc1ccc(CO[C@@H]2[C@@H](NC(C)=O)[C@H](OCCN=[N+]=[N-])O[C@H](COCc3ccccc3)[C@H]2O[C@@H]2O[C@@H]3COC(c4ccccc4)O[C@H]3[C@H](O)[C@H]2NC(C)=O)cc1. The highest BCUT2D eigenvalue weighted by Gasteiger charge is 2.54. The van der Waals surface area contributed by atoms with E-state index in [1.165, 1.54) is 13.8 Å². The number of nitrogens with one attached hydrogen (secondary N) is 2. The molecule has 1 unspecified atom stereocenters. The first-order valence-corrected chi connectivity index (χ1v) is 18.7. The van der Waals surface area contributed by atoms with Crippen molar-refractivity contribution in [2.45, 2.75) is 94.6 Å². The van der Waals surface area contributed by atoms with Crippen molar-refractivity contribution in [1.29, 1.82) is 0 Å². The van der Waals surface area contributed by atoms with Gasteiger partial charge in [0.25, 0.3) is 0 Å². The van der Waals surface area contributed by atoms with Crippen molar-refractivity contribution in [2.75, 3.05) is 33.5 Å². The number of hydrogen-bond donors (Lipinski definition) is 3. The quantitative estimate of drug-likeness (QED) is 0.0778. The maximum atomic E-state index is 12.8. The van der Waals surface area contributed by atoms with Crippen LogP contribution in [0.4, 0.5) is 0 Å². The molecule has 0 radical (unpaired) electrons. The molecule has 57 heavy (non-hydrogen) atoms. The van der Waals surface area contributed by atoms with E-state index in [0.29, 0.717) is 5.75 Å². The Morgan fingerprint density at radius 2 is 1.53 bits per heavy atom. The second kappa shape index (κ2) is 20.7. The number of hydrogen-bond acceptors (Lipinski definition) is 13. The summed E-state index contributed by atoms with van der Waals surface area (Å²) in [6, 6.07) is 24.0. The van der Waals surface area contributed by atoms with Crippen LogP contribution in [0.5, 0.6) is 5.75 Å². The first-order valence-electron chi connectivity index (χ1n) is 18.7. The minimum absolute atomic E-state index is 0.000346. The van der Waals surface area contributed by atoms with Gasteiger partial charge < -0.3 is 58.4 Å². The molecular formula is C40H49N5O12. The summed E-state index contributed by atoms with van der Waals surface area (Å²) in [4.78, 5) is 28.2. The highest BCUT2D eigenvalue weighted by atomic mass is 16.8. The molecule has 2 amide bonds. The maximum Gasteiger partial charge on any atom is 0.217 e. The van der Waals surface area contributed by atoms with Gasteiger partial charge in [0, 0.05) is 30.9 Å². The standard InChI is InChI=1S/C40H49N5O12/c1-24(46)43-32-34(48)35-31(23-53-38(56-35)28-12-8-5-9-13-28)55-40(32)57-36-30(22-50-20-26-10-6-4-7-11-26)54-39(51-19-18-42-45-41)33(44-25(2)47)37(36)52-21-27-14-16-29(49-3)17-15-27/h4-17,30-40,48H,18-23H2,1-3H3,(H,43,46)(H,44,47)/t30-,31-,32-,33-,34-,35-,36-,37-,38?,39-,40+/m1/s1. The van der Waals surface area contributed by atoms with Crippen molar-refractivity contribution >= 4 is 11.8 Å². The predicted molar refractivity (Wildman–Crippen MR) is 201 cm³/mol. The van der Waals surface area contributed by atoms with Gasteiger partial charge in [0.05, 0.1) is 40.1 Å². The van der Waals surface area contributed by atoms with Crippen LogP contribution in [0.1, 0.15) is 36.8 Å². The fourth-order valence-electron chi connectivity index (χ4n) is 7.00. The Kier molecular flexibility index (Phi) is 15.2. The molecule has 3 aliphatic rings. The number of nitrogens with zero attached hydrogens (tertiary/aromatic N) is 3. The van der Waals surface area contributed by atoms with E-state index in [2.05, 4.69) is 20.7 Å². The first kappa shape index (κ1) is 42.0. The largest absolute Gasteiger partial charge is 0.497 e. The molecule has 17 heteroatoms. The highest BCUT2D eigenvalue weighted by Crippen LogP contribution is 2.37. The van der Waals surface area contributed by atoms with Crippen molar-refractivity contribution in [2.24, 2.45) is 5.11 Å². The minimum atomic E-state index is -1.30. The zero-order valence-electron chi connectivity index (χ0n) is 32.0. The lowest BCUT2D eigenvalue weighted by atomic mass is 9.93. The molecule has 3 N–H and O–H groups in total. The molecule has 6 rings (SSSR count). The third-order valence-corrected chi connectivity index (χ3v) is 9.65. The summed E-state index contributed by atoms with van der Waals surface area (Å²) in [6.07, 6.45) is -9.17. The van der Waals surface area contributed by atoms with E-state index in [0.717, 1.165) is 16.7 Å². The molecule has 11 atom stereocenters. The predicted octanol–water partition coefficient (Wildman–Crippen LogP) is 3.44. The summed E-state index contributed by atoms with van der Waals surface area (Å²) >= 11 is 0. The average Bonchev–Trinajstić information content (AvgIpc) is 3.22. The van der Waals surface area contributed by atoms with Gasteiger partial charge in [-0.1, -0.05) is 77.9 Å². The van der Waals surface area contributed by atoms with Gasteiger partial charge in [-0.3, -0.25) is 9.59 Å². The number of methoxy groups -OCH3 is 1. The maximum absolute atomic E-state index is 12.8. The number of aliphatic hydroxyl groups excluding tert-OH is 1. The highest BCUT2D eigenvalue weighted by molar-refractivity contribution is 5.73. The molecule has 0 spiro atoms. The Balaban J connectivity index is 1.32. The lowest BCUT2D eigenvalue weighted by Gasteiger charge is -2.51. The Hall–Kier alpha value is -4.65. The van der Waals surface area contributed by atoms with Gasteiger partial charge in [-0.2, -0.15) is 0 Å². The molecule has 306 valence electrons. The van der Waals surface area contributed by atoms with Crippen molar-refractivity contribution in [3.8, 4) is 5.75 Å². The van der Waals surface area contributed by atoms with Crippen LogP contribution in [0.15, 0.2) is 90.0 Å². The second-order valence-corrected chi connectivity index (χ2v) is 13.8. The van der Waals surface area contributed by atoms with Gasteiger partial charge in [0.2, 0.25) is 11.8 Å². The van der Waals surface area contributed by atoms with Gasteiger partial charge >= 0.3 is 0 Å². The van der Waals surface area contributed by atoms with Crippen LogP contribution >= 0.6 is 0 Å². The van der Waals surface area contributed by atoms with Gasteiger partial charge in [0.15, 0.2) is 18.9 Å². The smallest absolute Gasteiger partial charge is 0.217 e. The van der Waals surface area contributed by atoms with E-state index >= 15 is 0 Å². The summed E-state index contributed by atoms with van der Waals surface area (Å²) in [7, 11) is 1.57. The Labute approximate surface area is 330 Å². The number of carbonyl (C=O) groups is 2. The minimum Gasteiger partial charge on any atom is -0.497 e. The van der Waals surface area contributed by atoms with Crippen LogP contribution < -0.4 is 15.4 Å². The number of benzene rings is 3. The number of azide groups is 1. The van der Waals surface area contributed by atoms with Gasteiger partial charge in [0.1, 0.15) is 54.5 Å². The molecular weight excluding hydrogens is 742 g/mol. The zero-order chi connectivity index (χ0) is 40.1. The Morgan fingerprint density at radius 3 is 2.21 bits per heavy atom. The molecule has 3 fully saturated rings. The van der Waals surface area contributed by atoms with Crippen LogP contribution in [-0.2, 0) is 60.7 Å². The number of aliphatic hydroxyl groups is 1. The molecule has 3 aliphatic heterocycles. The van der Waals surface area contributed by atoms with Gasteiger partial charge in [-0.15, -0.1) is 0 Å². The Bertz CT molecular complexity index is 1770. The molecule has 3 aromatic rings. The fraction of sp³-hybridized carbons (Fsp3) is 0.500. The molecule has 3 aromatic carbocycles. The van der Waals surface area contributed by atoms with Gasteiger partial charge in [-0.05, 0) is 28.8 Å². The molecule has 0 saturated carbocycles. The summed E-state index contributed by atoms with van der Waals surface area (Å²) in [5, 5.41) is 21.1. The van der Waals surface area contributed by atoms with Crippen molar-refractivity contribution in [1.82, 2.24) is 10.6 Å². The molecule has 17 nitrogen and oxygen atoms in total. The molecule has 3 heterocycles. The normalized spacial score (nSPS) is 29.6. The Morgan fingerprint density at radius 1 is 0.842 bits per heavy atom.